The Hall–Kier alpha value is -3.84. The van der Waals surface area contributed by atoms with E-state index in [0.29, 0.717) is 16.2 Å². The fourth-order valence-corrected chi connectivity index (χ4v) is 4.80. The van der Waals surface area contributed by atoms with Gasteiger partial charge in [0.25, 0.3) is 0 Å². The number of hydrogen-bond acceptors (Lipinski definition) is 3. The minimum atomic E-state index is -1.00. The summed E-state index contributed by atoms with van der Waals surface area (Å²) in [6.45, 7) is 0. The van der Waals surface area contributed by atoms with Crippen molar-refractivity contribution < 1.29 is 14.7 Å². The Labute approximate surface area is 206 Å². The molecule has 0 bridgehead atoms. The van der Waals surface area contributed by atoms with Crippen LogP contribution in [0.3, 0.4) is 0 Å². The molecule has 3 aromatic carbocycles. The predicted molar refractivity (Wildman–Crippen MR) is 135 cm³/mol. The van der Waals surface area contributed by atoms with Crippen molar-refractivity contribution in [2.45, 2.75) is 24.8 Å². The SMILES string of the molecule is CN(C)C(=O)Cc1ccc(-n2c(=O)n(C3(c4cccc(C(=O)O)c4)CC3)c3ccc(Cl)cc32)cc1. The standard InChI is InChI=1S/C27H24ClN3O4/c1-29(2)24(32)14-17-6-9-21(10-7-17)30-23-16-20(28)8-11-22(23)31(26(30)35)27(12-13-27)19-5-3-4-18(15-19)25(33)34/h3-11,15-16H,12-14H2,1-2H3,(H,33,34). The van der Waals surface area contributed by atoms with E-state index in [9.17, 15) is 19.5 Å². The first-order valence-electron chi connectivity index (χ1n) is 11.3. The lowest BCUT2D eigenvalue weighted by Gasteiger charge is -2.18. The highest BCUT2D eigenvalue weighted by molar-refractivity contribution is 6.31. The lowest BCUT2D eigenvalue weighted by atomic mass is 10.0. The van der Waals surface area contributed by atoms with Crippen LogP contribution in [0.1, 0.15) is 34.3 Å². The fourth-order valence-electron chi connectivity index (χ4n) is 4.63. The summed E-state index contributed by atoms with van der Waals surface area (Å²) in [4.78, 5) is 39.1. The lowest BCUT2D eigenvalue weighted by Crippen LogP contribution is -2.32. The summed E-state index contributed by atoms with van der Waals surface area (Å²) in [5.41, 5.74) is 3.06. The second-order valence-corrected chi connectivity index (χ2v) is 9.57. The van der Waals surface area contributed by atoms with Crippen molar-refractivity contribution in [1.82, 2.24) is 14.0 Å². The molecule has 1 heterocycles. The van der Waals surface area contributed by atoms with E-state index in [-0.39, 0.29) is 23.6 Å². The van der Waals surface area contributed by atoms with Crippen molar-refractivity contribution in [1.29, 1.82) is 0 Å². The number of nitrogens with zero attached hydrogens (tertiary/aromatic N) is 3. The van der Waals surface area contributed by atoms with Crippen LogP contribution in [-0.4, -0.2) is 45.1 Å². The zero-order chi connectivity index (χ0) is 24.9. The third-order valence-electron chi connectivity index (χ3n) is 6.65. The Morgan fingerprint density at radius 3 is 2.34 bits per heavy atom. The molecule has 1 aromatic heterocycles. The number of hydrogen-bond donors (Lipinski definition) is 1. The molecule has 178 valence electrons. The van der Waals surface area contributed by atoms with Crippen LogP contribution in [0.25, 0.3) is 16.7 Å². The summed E-state index contributed by atoms with van der Waals surface area (Å²) in [6.07, 6.45) is 1.73. The monoisotopic (exact) mass is 489 g/mol. The van der Waals surface area contributed by atoms with Gasteiger partial charge >= 0.3 is 11.7 Å². The predicted octanol–water partition coefficient (Wildman–Crippen LogP) is 4.31. The molecule has 7 nitrogen and oxygen atoms in total. The third-order valence-corrected chi connectivity index (χ3v) is 6.88. The van der Waals surface area contributed by atoms with E-state index in [1.807, 2.05) is 36.4 Å². The number of carbonyl (C=O) groups excluding carboxylic acids is 1. The van der Waals surface area contributed by atoms with Gasteiger partial charge in [-0.1, -0.05) is 35.9 Å². The molecule has 0 unspecified atom stereocenters. The molecule has 1 fully saturated rings. The average molecular weight is 490 g/mol. The number of aromatic carboxylic acids is 1. The maximum Gasteiger partial charge on any atom is 0.335 e. The molecule has 35 heavy (non-hydrogen) atoms. The second kappa shape index (κ2) is 8.43. The highest BCUT2D eigenvalue weighted by atomic mass is 35.5. The number of halogens is 1. The van der Waals surface area contributed by atoms with Crippen molar-refractivity contribution in [2.24, 2.45) is 0 Å². The average Bonchev–Trinajstić information content (AvgIpc) is 3.58. The quantitative estimate of drug-likeness (QED) is 0.437. The molecule has 0 spiro atoms. The summed E-state index contributed by atoms with van der Waals surface area (Å²) in [5.74, 6) is -1.00. The van der Waals surface area contributed by atoms with Crippen molar-refractivity contribution in [2.75, 3.05) is 14.1 Å². The number of imidazole rings is 1. The number of benzene rings is 3. The maximum atomic E-state index is 13.9. The summed E-state index contributed by atoms with van der Waals surface area (Å²) in [5, 5.41) is 9.98. The van der Waals surface area contributed by atoms with E-state index in [4.69, 9.17) is 11.6 Å². The maximum absolute atomic E-state index is 13.9. The van der Waals surface area contributed by atoms with Gasteiger partial charge in [-0.05, 0) is 66.4 Å². The lowest BCUT2D eigenvalue weighted by molar-refractivity contribution is -0.127. The van der Waals surface area contributed by atoms with E-state index in [2.05, 4.69) is 0 Å². The molecule has 8 heteroatoms. The van der Waals surface area contributed by atoms with Crippen LogP contribution < -0.4 is 5.69 Å². The van der Waals surface area contributed by atoms with Gasteiger partial charge in [-0.3, -0.25) is 13.9 Å². The molecule has 0 saturated heterocycles. The van der Waals surface area contributed by atoms with Gasteiger partial charge in [0.05, 0.1) is 34.2 Å². The number of carboxylic acids is 1. The zero-order valence-corrected chi connectivity index (χ0v) is 20.1. The topological polar surface area (TPSA) is 84.5 Å². The second-order valence-electron chi connectivity index (χ2n) is 9.14. The van der Waals surface area contributed by atoms with Gasteiger partial charge in [-0.2, -0.15) is 0 Å². The first kappa shape index (κ1) is 22.9. The van der Waals surface area contributed by atoms with Crippen LogP contribution in [0.5, 0.6) is 0 Å². The fraction of sp³-hybridized carbons (Fsp3) is 0.222. The van der Waals surface area contributed by atoms with E-state index >= 15 is 0 Å². The molecule has 1 aliphatic rings. The van der Waals surface area contributed by atoms with Gasteiger partial charge in [0.1, 0.15) is 0 Å². The molecular formula is C27H24ClN3O4. The Balaban J connectivity index is 1.66. The smallest absolute Gasteiger partial charge is 0.335 e. The number of rotatable bonds is 6. The van der Waals surface area contributed by atoms with Gasteiger partial charge in [0.15, 0.2) is 0 Å². The zero-order valence-electron chi connectivity index (χ0n) is 19.4. The van der Waals surface area contributed by atoms with Gasteiger partial charge < -0.3 is 10.0 Å². The van der Waals surface area contributed by atoms with E-state index in [0.717, 1.165) is 29.5 Å². The van der Waals surface area contributed by atoms with Gasteiger partial charge in [-0.15, -0.1) is 0 Å². The normalized spacial score (nSPS) is 14.1. The Morgan fingerprint density at radius 2 is 1.71 bits per heavy atom. The van der Waals surface area contributed by atoms with Crippen LogP contribution in [0.2, 0.25) is 5.02 Å². The first-order valence-corrected chi connectivity index (χ1v) is 11.7. The number of likely N-dealkylation sites (N-methyl/N-ethyl adjacent to an activating group) is 1. The van der Waals surface area contributed by atoms with Crippen molar-refractivity contribution >= 4 is 34.5 Å². The highest BCUT2D eigenvalue weighted by Gasteiger charge is 2.49. The van der Waals surface area contributed by atoms with Crippen LogP contribution in [0, 0.1) is 0 Å². The molecule has 1 N–H and O–H groups in total. The summed E-state index contributed by atoms with van der Waals surface area (Å²) in [7, 11) is 3.43. The summed E-state index contributed by atoms with van der Waals surface area (Å²) in [6, 6.07) is 19.5. The molecule has 1 saturated carbocycles. The van der Waals surface area contributed by atoms with Crippen LogP contribution in [-0.2, 0) is 16.8 Å². The largest absolute Gasteiger partial charge is 0.478 e. The number of fused-ring (bicyclic) bond motifs is 1. The molecule has 4 aromatic rings. The third kappa shape index (κ3) is 3.91. The van der Waals surface area contributed by atoms with Crippen LogP contribution >= 0.6 is 11.6 Å². The molecule has 5 rings (SSSR count). The molecule has 1 aliphatic carbocycles. The number of amides is 1. The Kier molecular flexibility index (Phi) is 5.52. The molecule has 0 atom stereocenters. The Morgan fingerprint density at radius 1 is 1.00 bits per heavy atom. The molecular weight excluding hydrogens is 466 g/mol. The van der Waals surface area contributed by atoms with Gasteiger partial charge in [-0.25, -0.2) is 9.59 Å². The van der Waals surface area contributed by atoms with Crippen LogP contribution in [0.4, 0.5) is 0 Å². The van der Waals surface area contributed by atoms with Gasteiger partial charge in [0, 0.05) is 19.1 Å². The highest BCUT2D eigenvalue weighted by Crippen LogP contribution is 2.50. The molecule has 0 aliphatic heterocycles. The van der Waals surface area contributed by atoms with Crippen molar-refractivity contribution in [3.05, 3.63) is 98.9 Å². The summed E-state index contributed by atoms with van der Waals surface area (Å²) >= 11 is 6.32. The number of carbonyl (C=O) groups is 2. The molecule has 0 radical (unpaired) electrons. The minimum absolute atomic E-state index is 0.00225. The minimum Gasteiger partial charge on any atom is -0.478 e. The van der Waals surface area contributed by atoms with E-state index < -0.39 is 11.5 Å². The van der Waals surface area contributed by atoms with Gasteiger partial charge in [0.2, 0.25) is 5.91 Å². The van der Waals surface area contributed by atoms with E-state index in [1.165, 1.54) is 0 Å². The van der Waals surface area contributed by atoms with Crippen molar-refractivity contribution in [3.63, 3.8) is 0 Å². The van der Waals surface area contributed by atoms with Crippen molar-refractivity contribution in [3.8, 4) is 5.69 Å². The Bertz CT molecular complexity index is 1530. The first-order chi connectivity index (χ1) is 16.7. The summed E-state index contributed by atoms with van der Waals surface area (Å²) < 4.78 is 3.39. The number of carboxylic acid groups (broad SMARTS) is 1. The number of aromatic nitrogens is 2. The molecule has 1 amide bonds. The van der Waals surface area contributed by atoms with E-state index in [1.54, 1.807) is 58.5 Å². The van der Waals surface area contributed by atoms with Crippen LogP contribution in [0.15, 0.2) is 71.5 Å².